The van der Waals surface area contributed by atoms with Gasteiger partial charge in [-0.05, 0) is 24.9 Å². The van der Waals surface area contributed by atoms with E-state index in [1.807, 2.05) is 0 Å². The van der Waals surface area contributed by atoms with Gasteiger partial charge in [0.05, 0.1) is 0 Å². The van der Waals surface area contributed by atoms with Gasteiger partial charge < -0.3 is 28.3 Å². The van der Waals surface area contributed by atoms with Gasteiger partial charge in [-0.1, -0.05) is 0 Å². The molecule has 1 aliphatic heterocycles. The first kappa shape index (κ1) is 10.8. The molecule has 0 aromatic heterocycles. The Hall–Kier alpha value is 0.837. The summed E-state index contributed by atoms with van der Waals surface area (Å²) in [7, 11) is 0. The van der Waals surface area contributed by atoms with Crippen molar-refractivity contribution in [2.75, 3.05) is 11.5 Å². The predicted molar refractivity (Wildman–Crippen MR) is 43.5 cm³/mol. The van der Waals surface area contributed by atoms with Crippen LogP contribution in [0.3, 0.4) is 0 Å². The molecule has 0 radical (unpaired) electrons. The first-order chi connectivity index (χ1) is 4.30. The van der Waals surface area contributed by atoms with E-state index in [4.69, 9.17) is 0 Å². The molecule has 1 rings (SSSR count). The van der Waals surface area contributed by atoms with E-state index in [1.54, 1.807) is 30.4 Å². The van der Waals surface area contributed by atoms with Crippen LogP contribution < -0.4 is 18.9 Å². The SMILES string of the molecule is CC(=O)[C-]1SCCCS1.[Li+]. The number of rotatable bonds is 1. The molecule has 0 bridgehead atoms. The Labute approximate surface area is 82.3 Å². The summed E-state index contributed by atoms with van der Waals surface area (Å²) in [5.41, 5.74) is 0. The largest absolute Gasteiger partial charge is 1.00 e. The van der Waals surface area contributed by atoms with E-state index in [2.05, 4.69) is 0 Å². The van der Waals surface area contributed by atoms with Gasteiger partial charge in [0.15, 0.2) is 0 Å². The average molecular weight is 168 g/mol. The molecule has 0 amide bonds. The Bertz CT molecular complexity index is 112. The van der Waals surface area contributed by atoms with Gasteiger partial charge in [0.2, 0.25) is 0 Å². The van der Waals surface area contributed by atoms with Crippen molar-refractivity contribution in [3.8, 4) is 0 Å². The molecule has 10 heavy (non-hydrogen) atoms. The third-order valence-corrected chi connectivity index (χ3v) is 3.83. The maximum Gasteiger partial charge on any atom is 1.00 e. The Morgan fingerprint density at radius 3 is 2.20 bits per heavy atom. The summed E-state index contributed by atoms with van der Waals surface area (Å²) in [6.07, 6.45) is 1.24. The maximum atomic E-state index is 10.7. The molecule has 1 nitrogen and oxygen atoms in total. The maximum absolute atomic E-state index is 10.7. The molecule has 0 saturated carbocycles. The zero-order valence-electron chi connectivity index (χ0n) is 6.35. The number of carbonyl (C=O) groups is 1. The van der Waals surface area contributed by atoms with Gasteiger partial charge >= 0.3 is 18.9 Å². The second-order valence-corrected chi connectivity index (χ2v) is 4.36. The van der Waals surface area contributed by atoms with Gasteiger partial charge in [-0.2, -0.15) is 0 Å². The first-order valence-electron chi connectivity index (χ1n) is 2.94. The summed E-state index contributed by atoms with van der Waals surface area (Å²) in [6.45, 7) is 1.64. The molecule has 52 valence electrons. The van der Waals surface area contributed by atoms with E-state index in [1.165, 1.54) is 6.42 Å². The fourth-order valence-corrected chi connectivity index (χ4v) is 3.00. The zero-order chi connectivity index (χ0) is 6.69. The molecule has 1 heterocycles. The van der Waals surface area contributed by atoms with Gasteiger partial charge in [0, 0.05) is 5.78 Å². The summed E-state index contributed by atoms with van der Waals surface area (Å²) in [6, 6.07) is 0. The molecule has 4 heteroatoms. The smallest absolute Gasteiger partial charge is 0.333 e. The molecule has 0 spiro atoms. The minimum atomic E-state index is 0. The molecular weight excluding hydrogens is 159 g/mol. The molecule has 1 saturated heterocycles. The minimum Gasteiger partial charge on any atom is -0.333 e. The number of carbonyl (C=O) groups excluding carboxylic acids is 1. The third-order valence-electron chi connectivity index (χ3n) is 1.04. The van der Waals surface area contributed by atoms with Crippen molar-refractivity contribution in [3.05, 3.63) is 4.58 Å². The van der Waals surface area contributed by atoms with Crippen molar-refractivity contribution in [3.63, 3.8) is 0 Å². The van der Waals surface area contributed by atoms with Crippen LogP contribution in [0.2, 0.25) is 0 Å². The van der Waals surface area contributed by atoms with Gasteiger partial charge in [-0.25, -0.2) is 4.58 Å². The predicted octanol–water partition coefficient (Wildman–Crippen LogP) is -1.06. The second kappa shape index (κ2) is 5.48. The summed E-state index contributed by atoms with van der Waals surface area (Å²) < 4.78 is 1.00. The van der Waals surface area contributed by atoms with Gasteiger partial charge in [0.25, 0.3) is 0 Å². The van der Waals surface area contributed by atoms with Gasteiger partial charge in [0.1, 0.15) is 0 Å². The number of ketones is 1. The van der Waals surface area contributed by atoms with Crippen LogP contribution in [0.4, 0.5) is 0 Å². The zero-order valence-corrected chi connectivity index (χ0v) is 7.98. The van der Waals surface area contributed by atoms with Crippen LogP contribution in [0, 0.1) is 4.58 Å². The molecule has 0 aliphatic carbocycles. The standard InChI is InChI=1S/C6H9OS2.Li/c1-5(7)6-8-3-2-4-9-6;/h2-4H2,1H3;/q-1;+1. The van der Waals surface area contributed by atoms with Crippen LogP contribution in [0.15, 0.2) is 0 Å². The van der Waals surface area contributed by atoms with Crippen molar-refractivity contribution in [2.45, 2.75) is 13.3 Å². The average Bonchev–Trinajstić information content (AvgIpc) is 1.90. The normalized spacial score (nSPS) is 17.9. The van der Waals surface area contributed by atoms with Crippen molar-refractivity contribution in [2.24, 2.45) is 0 Å². The minimum absolute atomic E-state index is 0. The summed E-state index contributed by atoms with van der Waals surface area (Å²) in [5, 5.41) is 0. The molecule has 0 N–H and O–H groups in total. The summed E-state index contributed by atoms with van der Waals surface area (Å²) in [4.78, 5) is 10.7. The molecule has 1 aliphatic rings. The third kappa shape index (κ3) is 3.29. The van der Waals surface area contributed by atoms with E-state index in [-0.39, 0.29) is 24.6 Å². The monoisotopic (exact) mass is 168 g/mol. The van der Waals surface area contributed by atoms with Crippen LogP contribution in [0.5, 0.6) is 0 Å². The topological polar surface area (TPSA) is 17.1 Å². The summed E-state index contributed by atoms with van der Waals surface area (Å²) >= 11 is 3.40. The second-order valence-electron chi connectivity index (χ2n) is 1.89. The fourth-order valence-electron chi connectivity index (χ4n) is 0.634. The number of hydrogen-bond donors (Lipinski definition) is 0. The van der Waals surface area contributed by atoms with Crippen LogP contribution in [0.25, 0.3) is 0 Å². The van der Waals surface area contributed by atoms with Crippen molar-refractivity contribution < 1.29 is 23.7 Å². The van der Waals surface area contributed by atoms with Crippen LogP contribution in [-0.2, 0) is 4.79 Å². The Balaban J connectivity index is 0.000000810. The van der Waals surface area contributed by atoms with Crippen molar-refractivity contribution in [1.29, 1.82) is 0 Å². The van der Waals surface area contributed by atoms with E-state index in [0.29, 0.717) is 0 Å². The molecule has 0 unspecified atom stereocenters. The van der Waals surface area contributed by atoms with E-state index in [0.717, 1.165) is 16.1 Å². The van der Waals surface area contributed by atoms with Crippen LogP contribution >= 0.6 is 23.5 Å². The van der Waals surface area contributed by atoms with Gasteiger partial charge in [-0.3, -0.25) is 0 Å². The molecule has 0 atom stereocenters. The fraction of sp³-hybridized carbons (Fsp3) is 0.667. The molecule has 0 aromatic carbocycles. The quantitative estimate of drug-likeness (QED) is 0.367. The van der Waals surface area contributed by atoms with Gasteiger partial charge in [-0.15, -0.1) is 0 Å². The Morgan fingerprint density at radius 2 is 1.90 bits per heavy atom. The first-order valence-corrected chi connectivity index (χ1v) is 4.91. The number of Topliss-reactive ketones (excluding diaryl/α,β-unsaturated/α-hetero) is 1. The molecule has 0 aromatic rings. The number of hydrogen-bond acceptors (Lipinski definition) is 3. The van der Waals surface area contributed by atoms with Crippen LogP contribution in [0.1, 0.15) is 13.3 Å². The Morgan fingerprint density at radius 1 is 1.40 bits per heavy atom. The number of thioether (sulfide) groups is 2. The Kier molecular flexibility index (Phi) is 5.94. The van der Waals surface area contributed by atoms with E-state index < -0.39 is 0 Å². The molecule has 1 fully saturated rings. The summed E-state index contributed by atoms with van der Waals surface area (Å²) in [5.74, 6) is 2.49. The van der Waals surface area contributed by atoms with Crippen molar-refractivity contribution in [1.82, 2.24) is 0 Å². The van der Waals surface area contributed by atoms with Crippen LogP contribution in [-0.4, -0.2) is 17.3 Å². The van der Waals surface area contributed by atoms with E-state index in [9.17, 15) is 4.79 Å². The van der Waals surface area contributed by atoms with Crippen molar-refractivity contribution >= 4 is 29.3 Å². The van der Waals surface area contributed by atoms with E-state index >= 15 is 0 Å². The molecular formula is C6H9LiOS2.